The summed E-state index contributed by atoms with van der Waals surface area (Å²) in [5.74, 6) is 5.30. The van der Waals surface area contributed by atoms with Crippen molar-refractivity contribution in [3.05, 3.63) is 29.8 Å². The molecule has 0 saturated carbocycles. The maximum atomic E-state index is 9.67. The molecule has 1 fully saturated rings. The van der Waals surface area contributed by atoms with E-state index >= 15 is 0 Å². The second-order valence-corrected chi connectivity index (χ2v) is 4.96. The highest BCUT2D eigenvalue weighted by atomic mass is 16.7. The van der Waals surface area contributed by atoms with Crippen molar-refractivity contribution in [1.82, 2.24) is 0 Å². The SMILES string of the molecule is NNc1ccc(CCO[C@H]2C[C@@H](O)C[C@@H](CO)O2)cc1. The molecule has 0 spiro atoms. The van der Waals surface area contributed by atoms with Crippen LogP contribution in [0, 0.1) is 0 Å². The van der Waals surface area contributed by atoms with Gasteiger partial charge in [-0.2, -0.15) is 0 Å². The molecule has 0 radical (unpaired) electrons. The summed E-state index contributed by atoms with van der Waals surface area (Å²) in [7, 11) is 0. The van der Waals surface area contributed by atoms with Crippen LogP contribution < -0.4 is 11.3 Å². The highest BCUT2D eigenvalue weighted by molar-refractivity contribution is 5.43. The van der Waals surface area contributed by atoms with E-state index in [-0.39, 0.29) is 12.7 Å². The fourth-order valence-electron chi connectivity index (χ4n) is 2.25. The van der Waals surface area contributed by atoms with Gasteiger partial charge in [-0.05, 0) is 24.1 Å². The van der Waals surface area contributed by atoms with Crippen molar-refractivity contribution < 1.29 is 19.7 Å². The minimum absolute atomic E-state index is 0.0928. The van der Waals surface area contributed by atoms with Gasteiger partial charge in [-0.15, -0.1) is 0 Å². The van der Waals surface area contributed by atoms with Crippen molar-refractivity contribution in [3.8, 4) is 0 Å². The van der Waals surface area contributed by atoms with Crippen LogP contribution >= 0.6 is 0 Å². The summed E-state index contributed by atoms with van der Waals surface area (Å²) in [6.45, 7) is 0.412. The van der Waals surface area contributed by atoms with Gasteiger partial charge in [-0.1, -0.05) is 12.1 Å². The second kappa shape index (κ2) is 7.56. The molecular formula is C14H22N2O4. The van der Waals surface area contributed by atoms with E-state index in [2.05, 4.69) is 5.43 Å². The molecule has 1 heterocycles. The Bertz CT molecular complexity index is 399. The van der Waals surface area contributed by atoms with Gasteiger partial charge in [0, 0.05) is 18.5 Å². The van der Waals surface area contributed by atoms with Crippen LogP contribution in [-0.4, -0.2) is 41.9 Å². The van der Waals surface area contributed by atoms with E-state index in [4.69, 9.17) is 20.4 Å². The highest BCUT2D eigenvalue weighted by Crippen LogP contribution is 2.20. The molecule has 0 unspecified atom stereocenters. The molecule has 0 amide bonds. The number of nitrogen functional groups attached to an aromatic ring is 1. The van der Waals surface area contributed by atoms with E-state index in [9.17, 15) is 5.11 Å². The summed E-state index contributed by atoms with van der Waals surface area (Å²) in [4.78, 5) is 0. The number of hydrogen-bond donors (Lipinski definition) is 4. The van der Waals surface area contributed by atoms with Gasteiger partial charge in [0.25, 0.3) is 0 Å². The van der Waals surface area contributed by atoms with Gasteiger partial charge >= 0.3 is 0 Å². The largest absolute Gasteiger partial charge is 0.394 e. The summed E-state index contributed by atoms with van der Waals surface area (Å²) < 4.78 is 11.1. The first-order chi connectivity index (χ1) is 9.71. The Morgan fingerprint density at radius 1 is 1.30 bits per heavy atom. The average Bonchev–Trinajstić information content (AvgIpc) is 2.47. The normalized spacial score (nSPS) is 26.4. The molecule has 1 aromatic carbocycles. The van der Waals surface area contributed by atoms with E-state index in [1.54, 1.807) is 0 Å². The van der Waals surface area contributed by atoms with Crippen LogP contribution in [0.1, 0.15) is 18.4 Å². The van der Waals surface area contributed by atoms with E-state index < -0.39 is 12.4 Å². The minimum Gasteiger partial charge on any atom is -0.394 e. The third kappa shape index (κ3) is 4.43. The molecule has 1 saturated heterocycles. The number of anilines is 1. The first-order valence-electron chi connectivity index (χ1n) is 6.83. The third-order valence-corrected chi connectivity index (χ3v) is 3.36. The summed E-state index contributed by atoms with van der Waals surface area (Å²) >= 11 is 0. The van der Waals surface area contributed by atoms with Crippen LogP contribution in [0.25, 0.3) is 0 Å². The molecule has 20 heavy (non-hydrogen) atoms. The van der Waals surface area contributed by atoms with Crippen LogP contribution in [0.5, 0.6) is 0 Å². The molecule has 5 N–H and O–H groups in total. The van der Waals surface area contributed by atoms with Crippen molar-refractivity contribution in [2.75, 3.05) is 18.6 Å². The smallest absolute Gasteiger partial charge is 0.160 e. The van der Waals surface area contributed by atoms with Crippen molar-refractivity contribution in [2.24, 2.45) is 5.84 Å². The average molecular weight is 282 g/mol. The van der Waals surface area contributed by atoms with Crippen LogP contribution in [0.4, 0.5) is 5.69 Å². The highest BCUT2D eigenvalue weighted by Gasteiger charge is 2.28. The van der Waals surface area contributed by atoms with Gasteiger partial charge in [0.2, 0.25) is 0 Å². The molecule has 0 bridgehead atoms. The zero-order chi connectivity index (χ0) is 14.4. The van der Waals surface area contributed by atoms with Crippen LogP contribution in [-0.2, 0) is 15.9 Å². The van der Waals surface area contributed by atoms with Crippen LogP contribution in [0.3, 0.4) is 0 Å². The maximum absolute atomic E-state index is 9.67. The summed E-state index contributed by atoms with van der Waals surface area (Å²) in [6.07, 6.45) is 0.418. The molecule has 112 valence electrons. The predicted molar refractivity (Wildman–Crippen MR) is 74.9 cm³/mol. The van der Waals surface area contributed by atoms with Crippen LogP contribution in [0.15, 0.2) is 24.3 Å². The van der Waals surface area contributed by atoms with E-state index in [0.717, 1.165) is 17.7 Å². The van der Waals surface area contributed by atoms with E-state index in [1.165, 1.54) is 0 Å². The molecule has 1 aliphatic heterocycles. The first-order valence-corrected chi connectivity index (χ1v) is 6.83. The molecular weight excluding hydrogens is 260 g/mol. The van der Waals surface area contributed by atoms with Crippen molar-refractivity contribution in [2.45, 2.75) is 37.8 Å². The number of aliphatic hydroxyl groups is 2. The van der Waals surface area contributed by atoms with Gasteiger partial charge in [0.05, 0.1) is 25.4 Å². The summed E-state index contributed by atoms with van der Waals surface area (Å²) in [6, 6.07) is 7.76. The number of ether oxygens (including phenoxy) is 2. The van der Waals surface area contributed by atoms with Crippen molar-refractivity contribution in [3.63, 3.8) is 0 Å². The Balaban J connectivity index is 1.74. The zero-order valence-electron chi connectivity index (χ0n) is 11.4. The molecule has 1 aromatic rings. The van der Waals surface area contributed by atoms with Gasteiger partial charge in [-0.3, -0.25) is 5.84 Å². The summed E-state index contributed by atoms with van der Waals surface area (Å²) in [5.41, 5.74) is 4.57. The molecule has 1 aliphatic rings. The number of nitrogens with one attached hydrogen (secondary N) is 1. The number of aliphatic hydroxyl groups excluding tert-OH is 2. The number of rotatable bonds is 6. The molecule has 6 nitrogen and oxygen atoms in total. The quantitative estimate of drug-likeness (QED) is 0.445. The molecule has 0 aliphatic carbocycles. The Kier molecular flexibility index (Phi) is 5.75. The molecule has 3 atom stereocenters. The second-order valence-electron chi connectivity index (χ2n) is 4.96. The topological polar surface area (TPSA) is 97.0 Å². The number of nitrogens with two attached hydrogens (primary N) is 1. The molecule has 6 heteroatoms. The van der Waals surface area contributed by atoms with Crippen molar-refractivity contribution >= 4 is 5.69 Å². The van der Waals surface area contributed by atoms with Gasteiger partial charge in [0.1, 0.15) is 0 Å². The Morgan fingerprint density at radius 2 is 2.05 bits per heavy atom. The van der Waals surface area contributed by atoms with Gasteiger partial charge < -0.3 is 25.1 Å². The zero-order valence-corrected chi connectivity index (χ0v) is 11.4. The lowest BCUT2D eigenvalue weighted by Crippen LogP contribution is -2.39. The fourth-order valence-corrected chi connectivity index (χ4v) is 2.25. The Labute approximate surface area is 118 Å². The summed E-state index contributed by atoms with van der Waals surface area (Å²) in [5, 5.41) is 18.7. The van der Waals surface area contributed by atoms with Gasteiger partial charge in [0.15, 0.2) is 6.29 Å². The Hall–Kier alpha value is -1.18. The molecule has 0 aromatic heterocycles. The van der Waals surface area contributed by atoms with E-state index in [1.807, 2.05) is 24.3 Å². The minimum atomic E-state index is -0.471. The van der Waals surface area contributed by atoms with Crippen molar-refractivity contribution in [1.29, 1.82) is 0 Å². The lowest BCUT2D eigenvalue weighted by atomic mass is 10.1. The van der Waals surface area contributed by atoms with Gasteiger partial charge in [-0.25, -0.2) is 0 Å². The number of benzene rings is 1. The Morgan fingerprint density at radius 3 is 2.70 bits per heavy atom. The fraction of sp³-hybridized carbons (Fsp3) is 0.571. The predicted octanol–water partition coefficient (Wildman–Crippen LogP) is 0.390. The van der Waals surface area contributed by atoms with Crippen LogP contribution in [0.2, 0.25) is 0 Å². The molecule has 2 rings (SSSR count). The third-order valence-electron chi connectivity index (χ3n) is 3.36. The van der Waals surface area contributed by atoms with E-state index in [0.29, 0.717) is 19.4 Å². The first kappa shape index (κ1) is 15.2. The lowest BCUT2D eigenvalue weighted by Gasteiger charge is -2.32. The standard InChI is InChI=1S/C14H22N2O4/c15-16-11-3-1-10(2-4-11)5-6-19-14-8-12(18)7-13(9-17)20-14/h1-4,12-14,16-18H,5-9,15H2/t12-,13-,14+/m0/s1. The number of hydrazine groups is 1. The maximum Gasteiger partial charge on any atom is 0.160 e. The lowest BCUT2D eigenvalue weighted by molar-refractivity contribution is -0.221. The number of hydrogen-bond acceptors (Lipinski definition) is 6. The monoisotopic (exact) mass is 282 g/mol.